The van der Waals surface area contributed by atoms with Gasteiger partial charge in [-0.2, -0.15) is 0 Å². The molecule has 3 rings (SSSR count). The Balaban J connectivity index is 1.52. The van der Waals surface area contributed by atoms with Gasteiger partial charge >= 0.3 is 0 Å². The molecule has 2 fully saturated rings. The minimum absolute atomic E-state index is 0.00464. The zero-order chi connectivity index (χ0) is 13.9. The van der Waals surface area contributed by atoms with Crippen molar-refractivity contribution in [1.29, 1.82) is 0 Å². The summed E-state index contributed by atoms with van der Waals surface area (Å²) in [6.07, 6.45) is 2.44. The fourth-order valence-electron chi connectivity index (χ4n) is 2.66. The maximum atomic E-state index is 12.1. The van der Waals surface area contributed by atoms with Crippen LogP contribution in [0.2, 0.25) is 0 Å². The standard InChI is InChI=1S/C14H18N2O4/c17-13(15-5-8-19-9-6-15)3-4-16-11(10-14(16)18)12-2-1-7-20-12/h1-2,7,11H,3-6,8-10H2. The zero-order valence-corrected chi connectivity index (χ0v) is 11.3. The number of rotatable bonds is 4. The fraction of sp³-hybridized carbons (Fsp3) is 0.571. The summed E-state index contributed by atoms with van der Waals surface area (Å²) in [6, 6.07) is 3.68. The summed E-state index contributed by atoms with van der Waals surface area (Å²) in [5.74, 6) is 0.968. The number of carbonyl (C=O) groups excluding carboxylic acids is 2. The number of nitrogens with zero attached hydrogens (tertiary/aromatic N) is 2. The molecule has 3 heterocycles. The Morgan fingerprint density at radius 2 is 2.15 bits per heavy atom. The number of amides is 2. The normalized spacial score (nSPS) is 22.8. The first kappa shape index (κ1) is 13.2. The maximum absolute atomic E-state index is 12.1. The van der Waals surface area contributed by atoms with Crippen molar-refractivity contribution in [2.45, 2.75) is 18.9 Å². The molecule has 1 unspecified atom stereocenters. The Labute approximate surface area is 117 Å². The predicted molar refractivity (Wildman–Crippen MR) is 69.8 cm³/mol. The molecule has 0 spiro atoms. The maximum Gasteiger partial charge on any atom is 0.225 e. The van der Waals surface area contributed by atoms with E-state index < -0.39 is 0 Å². The number of furan rings is 1. The van der Waals surface area contributed by atoms with E-state index in [0.29, 0.717) is 45.7 Å². The number of hydrogen-bond acceptors (Lipinski definition) is 4. The lowest BCUT2D eigenvalue weighted by Crippen LogP contribution is -2.48. The first-order valence-corrected chi connectivity index (χ1v) is 6.94. The van der Waals surface area contributed by atoms with Gasteiger partial charge in [-0.1, -0.05) is 0 Å². The summed E-state index contributed by atoms with van der Waals surface area (Å²) in [4.78, 5) is 27.2. The van der Waals surface area contributed by atoms with Gasteiger partial charge in [0.1, 0.15) is 5.76 Å². The highest BCUT2D eigenvalue weighted by atomic mass is 16.5. The van der Waals surface area contributed by atoms with E-state index in [4.69, 9.17) is 9.15 Å². The van der Waals surface area contributed by atoms with Crippen molar-refractivity contribution in [1.82, 2.24) is 9.80 Å². The summed E-state index contributed by atoms with van der Waals surface area (Å²) >= 11 is 0. The third-order valence-corrected chi connectivity index (χ3v) is 3.87. The van der Waals surface area contributed by atoms with E-state index in [2.05, 4.69) is 0 Å². The highest BCUT2D eigenvalue weighted by Crippen LogP contribution is 2.34. The largest absolute Gasteiger partial charge is 0.467 e. The van der Waals surface area contributed by atoms with E-state index in [0.717, 1.165) is 5.76 Å². The second-order valence-electron chi connectivity index (χ2n) is 5.07. The van der Waals surface area contributed by atoms with Crippen LogP contribution in [0.3, 0.4) is 0 Å². The third-order valence-electron chi connectivity index (χ3n) is 3.87. The quantitative estimate of drug-likeness (QED) is 0.764. The van der Waals surface area contributed by atoms with Crippen LogP contribution in [0.1, 0.15) is 24.6 Å². The van der Waals surface area contributed by atoms with Gasteiger partial charge < -0.3 is 19.0 Å². The Bertz CT molecular complexity index is 479. The molecule has 2 aliphatic heterocycles. The summed E-state index contributed by atoms with van der Waals surface area (Å²) in [5, 5.41) is 0. The van der Waals surface area contributed by atoms with E-state index in [1.807, 2.05) is 12.1 Å². The lowest BCUT2D eigenvalue weighted by molar-refractivity contribution is -0.148. The Hall–Kier alpha value is -1.82. The lowest BCUT2D eigenvalue weighted by atomic mass is 9.99. The van der Waals surface area contributed by atoms with Crippen LogP contribution < -0.4 is 0 Å². The summed E-state index contributed by atoms with van der Waals surface area (Å²) < 4.78 is 10.6. The molecule has 6 heteroatoms. The average Bonchev–Trinajstić information content (AvgIpc) is 2.99. The minimum Gasteiger partial charge on any atom is -0.467 e. The van der Waals surface area contributed by atoms with Crippen molar-refractivity contribution < 1.29 is 18.7 Å². The molecule has 20 heavy (non-hydrogen) atoms. The van der Waals surface area contributed by atoms with Gasteiger partial charge in [0.05, 0.1) is 31.9 Å². The van der Waals surface area contributed by atoms with E-state index in [1.165, 1.54) is 0 Å². The molecule has 1 aromatic rings. The van der Waals surface area contributed by atoms with Crippen molar-refractivity contribution in [2.75, 3.05) is 32.8 Å². The van der Waals surface area contributed by atoms with Gasteiger partial charge in [0.25, 0.3) is 0 Å². The highest BCUT2D eigenvalue weighted by Gasteiger charge is 2.38. The van der Waals surface area contributed by atoms with Crippen molar-refractivity contribution in [3.8, 4) is 0 Å². The van der Waals surface area contributed by atoms with Crippen LogP contribution in [0.4, 0.5) is 0 Å². The molecule has 0 aromatic carbocycles. The molecule has 0 N–H and O–H groups in total. The Morgan fingerprint density at radius 1 is 1.35 bits per heavy atom. The topological polar surface area (TPSA) is 63.0 Å². The SMILES string of the molecule is O=C(CCN1C(=O)CC1c1ccco1)N1CCOCC1. The van der Waals surface area contributed by atoms with E-state index in [9.17, 15) is 9.59 Å². The van der Waals surface area contributed by atoms with Gasteiger partial charge in [0, 0.05) is 26.1 Å². The Morgan fingerprint density at radius 3 is 2.80 bits per heavy atom. The van der Waals surface area contributed by atoms with E-state index >= 15 is 0 Å². The lowest BCUT2D eigenvalue weighted by Gasteiger charge is -2.39. The van der Waals surface area contributed by atoms with Crippen molar-refractivity contribution in [3.63, 3.8) is 0 Å². The third kappa shape index (κ3) is 2.56. The predicted octanol–water partition coefficient (Wildman–Crippen LogP) is 0.802. The van der Waals surface area contributed by atoms with Gasteiger partial charge in [-0.05, 0) is 12.1 Å². The average molecular weight is 278 g/mol. The molecule has 6 nitrogen and oxygen atoms in total. The molecule has 0 aliphatic carbocycles. The van der Waals surface area contributed by atoms with Crippen molar-refractivity contribution in [3.05, 3.63) is 24.2 Å². The molecule has 0 bridgehead atoms. The monoisotopic (exact) mass is 278 g/mol. The fourth-order valence-corrected chi connectivity index (χ4v) is 2.66. The van der Waals surface area contributed by atoms with Crippen LogP contribution in [0.5, 0.6) is 0 Å². The van der Waals surface area contributed by atoms with Crippen molar-refractivity contribution in [2.24, 2.45) is 0 Å². The molecule has 1 aromatic heterocycles. The molecule has 1 atom stereocenters. The summed E-state index contributed by atoms with van der Waals surface area (Å²) in [6.45, 7) is 2.95. The van der Waals surface area contributed by atoms with Crippen LogP contribution in [-0.4, -0.2) is 54.5 Å². The number of hydrogen-bond donors (Lipinski definition) is 0. The molecular formula is C14H18N2O4. The number of carbonyl (C=O) groups is 2. The first-order chi connectivity index (χ1) is 9.75. The molecular weight excluding hydrogens is 260 g/mol. The van der Waals surface area contributed by atoms with E-state index in [1.54, 1.807) is 16.1 Å². The van der Waals surface area contributed by atoms with Crippen LogP contribution in [0, 0.1) is 0 Å². The number of likely N-dealkylation sites (tertiary alicyclic amines) is 1. The van der Waals surface area contributed by atoms with Crippen molar-refractivity contribution >= 4 is 11.8 Å². The van der Waals surface area contributed by atoms with Gasteiger partial charge in [-0.25, -0.2) is 0 Å². The van der Waals surface area contributed by atoms with Crippen LogP contribution in [0.25, 0.3) is 0 Å². The molecule has 108 valence electrons. The second-order valence-corrected chi connectivity index (χ2v) is 5.07. The summed E-state index contributed by atoms with van der Waals surface area (Å²) in [7, 11) is 0. The number of ether oxygens (including phenoxy) is 1. The molecule has 0 radical (unpaired) electrons. The van der Waals surface area contributed by atoms with Gasteiger partial charge in [-0.15, -0.1) is 0 Å². The number of β-lactam (4-membered cyclic amide) rings is 1. The van der Waals surface area contributed by atoms with Crippen LogP contribution >= 0.6 is 0 Å². The van der Waals surface area contributed by atoms with Crippen LogP contribution in [-0.2, 0) is 14.3 Å². The van der Waals surface area contributed by atoms with Gasteiger partial charge in [0.15, 0.2) is 0 Å². The Kier molecular flexibility index (Phi) is 3.73. The molecule has 2 aliphatic rings. The number of morpholine rings is 1. The van der Waals surface area contributed by atoms with Gasteiger partial charge in [0.2, 0.25) is 11.8 Å². The second kappa shape index (κ2) is 5.66. The van der Waals surface area contributed by atoms with Gasteiger partial charge in [-0.3, -0.25) is 9.59 Å². The smallest absolute Gasteiger partial charge is 0.225 e. The van der Waals surface area contributed by atoms with Crippen LogP contribution in [0.15, 0.2) is 22.8 Å². The molecule has 2 saturated heterocycles. The molecule has 2 amide bonds. The first-order valence-electron chi connectivity index (χ1n) is 6.94. The molecule has 0 saturated carbocycles. The van der Waals surface area contributed by atoms with E-state index in [-0.39, 0.29) is 17.9 Å². The highest BCUT2D eigenvalue weighted by molar-refractivity contribution is 5.84. The zero-order valence-electron chi connectivity index (χ0n) is 11.3. The minimum atomic E-state index is -0.00464. The summed E-state index contributed by atoms with van der Waals surface area (Å²) in [5.41, 5.74) is 0.